The molecule has 1 fully saturated rings. The molecule has 1 aliphatic heterocycles. The lowest BCUT2D eigenvalue weighted by Crippen LogP contribution is -2.33. The number of aromatic carboxylic acids is 1. The Morgan fingerprint density at radius 2 is 2.41 bits per heavy atom. The minimum atomic E-state index is -0.919. The van der Waals surface area contributed by atoms with Gasteiger partial charge in [0, 0.05) is 18.8 Å². The predicted octanol–water partition coefficient (Wildman–Crippen LogP) is 2.32. The van der Waals surface area contributed by atoms with Gasteiger partial charge in [0.05, 0.1) is 5.02 Å². The van der Waals surface area contributed by atoms with Gasteiger partial charge in [-0.15, -0.1) is 0 Å². The Bertz CT molecular complexity index is 417. The molecule has 1 atom stereocenters. The summed E-state index contributed by atoms with van der Waals surface area (Å²) in [5.41, 5.74) is 0.276. The van der Waals surface area contributed by atoms with E-state index in [0.29, 0.717) is 17.6 Å². The zero-order chi connectivity index (χ0) is 12.4. The zero-order valence-electron chi connectivity index (χ0n) is 9.90. The van der Waals surface area contributed by atoms with E-state index in [2.05, 4.69) is 11.8 Å². The highest BCUT2D eigenvalue weighted by molar-refractivity contribution is 6.30. The highest BCUT2D eigenvalue weighted by atomic mass is 35.5. The molecule has 0 aliphatic carbocycles. The molecule has 1 aromatic rings. The SMILES string of the molecule is CCN1CCCC1Cn1cc(Cl)cc1C(=O)O. The van der Waals surface area contributed by atoms with E-state index < -0.39 is 5.97 Å². The smallest absolute Gasteiger partial charge is 0.352 e. The number of nitrogens with zero attached hydrogens (tertiary/aromatic N) is 2. The molecular formula is C12H17ClN2O2. The van der Waals surface area contributed by atoms with E-state index in [4.69, 9.17) is 16.7 Å². The van der Waals surface area contributed by atoms with Crippen LogP contribution in [-0.4, -0.2) is 39.7 Å². The molecule has 1 N–H and O–H groups in total. The molecule has 0 saturated carbocycles. The van der Waals surface area contributed by atoms with Crippen LogP contribution in [0.4, 0.5) is 0 Å². The van der Waals surface area contributed by atoms with E-state index in [9.17, 15) is 4.79 Å². The molecule has 1 aliphatic rings. The lowest BCUT2D eigenvalue weighted by atomic mass is 10.2. The summed E-state index contributed by atoms with van der Waals surface area (Å²) in [6.45, 7) is 4.97. The maximum absolute atomic E-state index is 11.1. The maximum Gasteiger partial charge on any atom is 0.352 e. The first kappa shape index (κ1) is 12.5. The standard InChI is InChI=1S/C12H17ClN2O2/c1-2-14-5-3-4-10(14)8-15-7-9(13)6-11(15)12(16)17/h6-7,10H,2-5,8H2,1H3,(H,16,17). The number of hydrogen-bond donors (Lipinski definition) is 1. The highest BCUT2D eigenvalue weighted by Crippen LogP contribution is 2.21. The number of carbonyl (C=O) groups is 1. The first-order valence-electron chi connectivity index (χ1n) is 5.95. The number of hydrogen-bond acceptors (Lipinski definition) is 2. The lowest BCUT2D eigenvalue weighted by molar-refractivity contribution is 0.0683. The van der Waals surface area contributed by atoms with E-state index in [1.165, 1.54) is 12.5 Å². The molecule has 4 nitrogen and oxygen atoms in total. The van der Waals surface area contributed by atoms with Crippen LogP contribution in [0.1, 0.15) is 30.3 Å². The molecule has 2 rings (SSSR count). The van der Waals surface area contributed by atoms with Crippen LogP contribution in [0.2, 0.25) is 5.02 Å². The normalized spacial score (nSPS) is 20.9. The monoisotopic (exact) mass is 256 g/mol. The molecular weight excluding hydrogens is 240 g/mol. The van der Waals surface area contributed by atoms with Crippen LogP contribution < -0.4 is 0 Å². The van der Waals surface area contributed by atoms with Gasteiger partial charge in [0.15, 0.2) is 0 Å². The Labute approximate surface area is 106 Å². The molecule has 0 bridgehead atoms. The van der Waals surface area contributed by atoms with Crippen molar-refractivity contribution >= 4 is 17.6 Å². The van der Waals surface area contributed by atoms with Crippen molar-refractivity contribution in [1.29, 1.82) is 0 Å². The molecule has 94 valence electrons. The Balaban J connectivity index is 2.15. The molecule has 1 saturated heterocycles. The summed E-state index contributed by atoms with van der Waals surface area (Å²) in [7, 11) is 0. The van der Waals surface area contributed by atoms with Gasteiger partial charge in [0.1, 0.15) is 5.69 Å². The summed E-state index contributed by atoms with van der Waals surface area (Å²) in [5.74, 6) is -0.919. The van der Waals surface area contributed by atoms with Gasteiger partial charge in [-0.05, 0) is 32.0 Å². The number of rotatable bonds is 4. The lowest BCUT2D eigenvalue weighted by Gasteiger charge is -2.23. The van der Waals surface area contributed by atoms with Gasteiger partial charge in [-0.1, -0.05) is 18.5 Å². The van der Waals surface area contributed by atoms with Crippen LogP contribution in [0.25, 0.3) is 0 Å². The molecule has 1 unspecified atom stereocenters. The van der Waals surface area contributed by atoms with Crippen molar-refractivity contribution in [3.05, 3.63) is 23.0 Å². The summed E-state index contributed by atoms with van der Waals surface area (Å²) >= 11 is 5.87. The van der Waals surface area contributed by atoms with Crippen LogP contribution in [0.5, 0.6) is 0 Å². The summed E-state index contributed by atoms with van der Waals surface area (Å²) in [5, 5.41) is 9.57. The molecule has 5 heteroatoms. The van der Waals surface area contributed by atoms with E-state index in [0.717, 1.165) is 19.5 Å². The fraction of sp³-hybridized carbons (Fsp3) is 0.583. The number of carboxylic acid groups (broad SMARTS) is 1. The van der Waals surface area contributed by atoms with E-state index in [1.54, 1.807) is 10.8 Å². The van der Waals surface area contributed by atoms with Crippen LogP contribution in [-0.2, 0) is 6.54 Å². The summed E-state index contributed by atoms with van der Waals surface area (Å²) in [4.78, 5) is 13.5. The largest absolute Gasteiger partial charge is 0.477 e. The first-order chi connectivity index (χ1) is 8.11. The Hall–Kier alpha value is -1.00. The summed E-state index contributed by atoms with van der Waals surface area (Å²) in [6, 6.07) is 1.94. The van der Waals surface area contributed by atoms with Crippen molar-refractivity contribution in [3.63, 3.8) is 0 Å². The molecule has 0 radical (unpaired) electrons. The fourth-order valence-electron chi connectivity index (χ4n) is 2.55. The van der Waals surface area contributed by atoms with E-state index in [1.807, 2.05) is 0 Å². The quantitative estimate of drug-likeness (QED) is 0.899. The highest BCUT2D eigenvalue weighted by Gasteiger charge is 2.24. The Morgan fingerprint density at radius 3 is 3.06 bits per heavy atom. The first-order valence-corrected chi connectivity index (χ1v) is 6.32. The minimum absolute atomic E-state index is 0.276. The van der Waals surface area contributed by atoms with Crippen molar-refractivity contribution in [2.75, 3.05) is 13.1 Å². The van der Waals surface area contributed by atoms with Gasteiger partial charge >= 0.3 is 5.97 Å². The number of carboxylic acids is 1. The topological polar surface area (TPSA) is 45.5 Å². The van der Waals surface area contributed by atoms with Gasteiger partial charge in [0.25, 0.3) is 0 Å². The third kappa shape index (κ3) is 2.64. The Morgan fingerprint density at radius 1 is 1.65 bits per heavy atom. The Kier molecular flexibility index (Phi) is 3.74. The van der Waals surface area contributed by atoms with E-state index >= 15 is 0 Å². The molecule has 0 amide bonds. The fourth-order valence-corrected chi connectivity index (χ4v) is 2.77. The van der Waals surface area contributed by atoms with E-state index in [-0.39, 0.29) is 5.69 Å². The zero-order valence-corrected chi connectivity index (χ0v) is 10.7. The molecule has 1 aromatic heterocycles. The van der Waals surface area contributed by atoms with Gasteiger partial charge < -0.3 is 9.67 Å². The van der Waals surface area contributed by atoms with Crippen molar-refractivity contribution < 1.29 is 9.90 Å². The second kappa shape index (κ2) is 5.10. The molecule has 0 spiro atoms. The van der Waals surface area contributed by atoms with Gasteiger partial charge in [-0.2, -0.15) is 0 Å². The van der Waals surface area contributed by atoms with Gasteiger partial charge in [-0.3, -0.25) is 4.90 Å². The van der Waals surface area contributed by atoms with Crippen LogP contribution in [0.15, 0.2) is 12.3 Å². The molecule has 0 aromatic carbocycles. The summed E-state index contributed by atoms with van der Waals surface area (Å²) < 4.78 is 1.75. The average Bonchev–Trinajstić information content (AvgIpc) is 2.85. The number of likely N-dealkylation sites (tertiary alicyclic amines) is 1. The summed E-state index contributed by atoms with van der Waals surface area (Å²) in [6.07, 6.45) is 4.02. The molecule has 2 heterocycles. The van der Waals surface area contributed by atoms with Crippen molar-refractivity contribution in [3.8, 4) is 0 Å². The van der Waals surface area contributed by atoms with Crippen molar-refractivity contribution in [2.45, 2.75) is 32.4 Å². The van der Waals surface area contributed by atoms with Gasteiger partial charge in [0.2, 0.25) is 0 Å². The van der Waals surface area contributed by atoms with Gasteiger partial charge in [-0.25, -0.2) is 4.79 Å². The second-order valence-electron chi connectivity index (χ2n) is 4.43. The van der Waals surface area contributed by atoms with Crippen LogP contribution in [0.3, 0.4) is 0 Å². The van der Waals surface area contributed by atoms with Crippen LogP contribution in [0, 0.1) is 0 Å². The number of halogens is 1. The average molecular weight is 257 g/mol. The number of aromatic nitrogens is 1. The third-order valence-electron chi connectivity index (χ3n) is 3.40. The number of likely N-dealkylation sites (N-methyl/N-ethyl adjacent to an activating group) is 1. The minimum Gasteiger partial charge on any atom is -0.477 e. The third-order valence-corrected chi connectivity index (χ3v) is 3.60. The maximum atomic E-state index is 11.1. The molecule has 17 heavy (non-hydrogen) atoms. The second-order valence-corrected chi connectivity index (χ2v) is 4.86. The predicted molar refractivity (Wildman–Crippen MR) is 66.7 cm³/mol. The van der Waals surface area contributed by atoms with Crippen LogP contribution >= 0.6 is 11.6 Å². The van der Waals surface area contributed by atoms with Crippen molar-refractivity contribution in [2.24, 2.45) is 0 Å². The van der Waals surface area contributed by atoms with Crippen molar-refractivity contribution in [1.82, 2.24) is 9.47 Å².